The lowest BCUT2D eigenvalue weighted by atomic mass is 10.1. The van der Waals surface area contributed by atoms with Gasteiger partial charge in [0.15, 0.2) is 5.58 Å². The molecule has 1 aromatic heterocycles. The van der Waals surface area contributed by atoms with Crippen LogP contribution in [0, 0.1) is 0 Å². The molecule has 0 radical (unpaired) electrons. The van der Waals surface area contributed by atoms with E-state index in [1.807, 2.05) is 24.3 Å². The Bertz CT molecular complexity index is 881. The summed E-state index contributed by atoms with van der Waals surface area (Å²) in [6, 6.07) is 13.3. The van der Waals surface area contributed by atoms with Gasteiger partial charge in [-0.15, -0.1) is 0 Å². The summed E-state index contributed by atoms with van der Waals surface area (Å²) in [6.07, 6.45) is -4.30. The van der Waals surface area contributed by atoms with E-state index in [4.69, 9.17) is 4.42 Å². The Labute approximate surface area is 155 Å². The number of hydrogen-bond acceptors (Lipinski definition) is 4. The van der Waals surface area contributed by atoms with Gasteiger partial charge in [-0.3, -0.25) is 9.80 Å². The quantitative estimate of drug-likeness (QED) is 0.685. The van der Waals surface area contributed by atoms with Crippen molar-refractivity contribution in [3.63, 3.8) is 0 Å². The first-order valence-electron chi connectivity index (χ1n) is 8.93. The van der Waals surface area contributed by atoms with Crippen LogP contribution in [-0.4, -0.2) is 41.0 Å². The SMILES string of the molecule is FC(F)(F)c1cccc(CN2CCN(Cc3nc4ccccc4o3)CC2)c1. The molecule has 7 heteroatoms. The fourth-order valence-electron chi connectivity index (χ4n) is 3.39. The van der Waals surface area contributed by atoms with Crippen LogP contribution in [0.3, 0.4) is 0 Å². The Balaban J connectivity index is 1.32. The summed E-state index contributed by atoms with van der Waals surface area (Å²) < 4.78 is 44.3. The molecule has 0 amide bonds. The van der Waals surface area contributed by atoms with Gasteiger partial charge in [0.25, 0.3) is 0 Å². The van der Waals surface area contributed by atoms with Crippen molar-refractivity contribution < 1.29 is 17.6 Å². The summed E-state index contributed by atoms with van der Waals surface area (Å²) in [4.78, 5) is 8.93. The average Bonchev–Trinajstić information content (AvgIpc) is 3.05. The lowest BCUT2D eigenvalue weighted by Gasteiger charge is -2.34. The highest BCUT2D eigenvalue weighted by Gasteiger charge is 2.30. The maximum atomic E-state index is 12.8. The summed E-state index contributed by atoms with van der Waals surface area (Å²) in [6.45, 7) is 4.44. The minimum atomic E-state index is -4.30. The second kappa shape index (κ2) is 7.32. The largest absolute Gasteiger partial charge is 0.439 e. The first-order valence-corrected chi connectivity index (χ1v) is 8.93. The summed E-state index contributed by atoms with van der Waals surface area (Å²) in [7, 11) is 0. The van der Waals surface area contributed by atoms with Crippen LogP contribution in [0.1, 0.15) is 17.0 Å². The minimum Gasteiger partial charge on any atom is -0.439 e. The fourth-order valence-corrected chi connectivity index (χ4v) is 3.39. The number of aromatic nitrogens is 1. The van der Waals surface area contributed by atoms with E-state index in [-0.39, 0.29) is 0 Å². The van der Waals surface area contributed by atoms with Gasteiger partial charge >= 0.3 is 6.18 Å². The molecule has 4 rings (SSSR count). The maximum absolute atomic E-state index is 12.8. The van der Waals surface area contributed by atoms with E-state index in [2.05, 4.69) is 14.8 Å². The van der Waals surface area contributed by atoms with Crippen molar-refractivity contribution in [3.05, 3.63) is 65.5 Å². The van der Waals surface area contributed by atoms with Gasteiger partial charge in [-0.1, -0.05) is 30.3 Å². The normalized spacial score (nSPS) is 16.9. The zero-order valence-electron chi connectivity index (χ0n) is 14.7. The highest BCUT2D eigenvalue weighted by atomic mass is 19.4. The van der Waals surface area contributed by atoms with Crippen molar-refractivity contribution >= 4 is 11.1 Å². The summed E-state index contributed by atoms with van der Waals surface area (Å²) in [5, 5.41) is 0. The van der Waals surface area contributed by atoms with Crippen LogP contribution in [0.4, 0.5) is 13.2 Å². The van der Waals surface area contributed by atoms with Crippen molar-refractivity contribution in [1.82, 2.24) is 14.8 Å². The molecule has 0 aliphatic carbocycles. The molecule has 27 heavy (non-hydrogen) atoms. The Hall–Kier alpha value is -2.38. The average molecular weight is 375 g/mol. The van der Waals surface area contributed by atoms with Crippen molar-refractivity contribution in [3.8, 4) is 0 Å². The number of nitrogens with zero attached hydrogens (tertiary/aromatic N) is 3. The van der Waals surface area contributed by atoms with Crippen molar-refractivity contribution in [2.24, 2.45) is 0 Å². The van der Waals surface area contributed by atoms with Crippen LogP contribution < -0.4 is 0 Å². The monoisotopic (exact) mass is 375 g/mol. The zero-order chi connectivity index (χ0) is 18.9. The van der Waals surface area contributed by atoms with Gasteiger partial charge in [-0.05, 0) is 23.8 Å². The third-order valence-corrected chi connectivity index (χ3v) is 4.82. The van der Waals surface area contributed by atoms with Gasteiger partial charge in [-0.25, -0.2) is 4.98 Å². The van der Waals surface area contributed by atoms with E-state index in [0.29, 0.717) is 24.5 Å². The number of oxazole rings is 1. The van der Waals surface area contributed by atoms with E-state index in [9.17, 15) is 13.2 Å². The molecule has 4 nitrogen and oxygen atoms in total. The number of halogens is 3. The smallest absolute Gasteiger partial charge is 0.416 e. The molecule has 0 saturated carbocycles. The van der Waals surface area contributed by atoms with E-state index in [0.717, 1.165) is 43.3 Å². The molecule has 3 aromatic rings. The van der Waals surface area contributed by atoms with Crippen molar-refractivity contribution in [2.75, 3.05) is 26.2 Å². The predicted octanol–water partition coefficient (Wildman–Crippen LogP) is 4.16. The first-order chi connectivity index (χ1) is 13.0. The molecule has 142 valence electrons. The topological polar surface area (TPSA) is 32.5 Å². The molecule has 0 unspecified atom stereocenters. The molecular formula is C20H20F3N3O. The van der Waals surface area contributed by atoms with Crippen LogP contribution in [0.25, 0.3) is 11.1 Å². The predicted molar refractivity (Wildman–Crippen MR) is 96.0 cm³/mol. The molecule has 1 fully saturated rings. The number of benzene rings is 2. The number of piperazine rings is 1. The fraction of sp³-hybridized carbons (Fsp3) is 0.350. The molecule has 0 atom stereocenters. The zero-order valence-corrected chi connectivity index (χ0v) is 14.7. The summed E-state index contributed by atoms with van der Waals surface area (Å²) in [5.74, 6) is 0.697. The molecule has 0 bridgehead atoms. The van der Waals surface area contributed by atoms with Crippen LogP contribution in [0.15, 0.2) is 52.9 Å². The second-order valence-electron chi connectivity index (χ2n) is 6.83. The molecular weight excluding hydrogens is 355 g/mol. The van der Waals surface area contributed by atoms with Crippen LogP contribution in [0.5, 0.6) is 0 Å². The van der Waals surface area contributed by atoms with E-state index in [1.54, 1.807) is 6.07 Å². The van der Waals surface area contributed by atoms with E-state index < -0.39 is 11.7 Å². The van der Waals surface area contributed by atoms with Gasteiger partial charge < -0.3 is 4.42 Å². The van der Waals surface area contributed by atoms with E-state index in [1.165, 1.54) is 12.1 Å². The van der Waals surface area contributed by atoms with Gasteiger partial charge in [0.2, 0.25) is 5.89 Å². The lowest BCUT2D eigenvalue weighted by Crippen LogP contribution is -2.45. The molecule has 0 spiro atoms. The van der Waals surface area contributed by atoms with Crippen LogP contribution in [-0.2, 0) is 19.3 Å². The summed E-state index contributed by atoms with van der Waals surface area (Å²) >= 11 is 0. The minimum absolute atomic E-state index is 0.528. The number of para-hydroxylation sites is 2. The van der Waals surface area contributed by atoms with Crippen molar-refractivity contribution in [2.45, 2.75) is 19.3 Å². The third-order valence-electron chi connectivity index (χ3n) is 4.82. The van der Waals surface area contributed by atoms with Crippen molar-refractivity contribution in [1.29, 1.82) is 0 Å². The first kappa shape index (κ1) is 18.0. The standard InChI is InChI=1S/C20H20F3N3O/c21-20(22,23)16-5-3-4-15(12-16)13-25-8-10-26(11-9-25)14-19-24-17-6-1-2-7-18(17)27-19/h1-7,12H,8-11,13-14H2. The third kappa shape index (κ3) is 4.31. The van der Waals surface area contributed by atoms with Crippen LogP contribution in [0.2, 0.25) is 0 Å². The Morgan fingerprint density at radius 2 is 1.59 bits per heavy atom. The lowest BCUT2D eigenvalue weighted by molar-refractivity contribution is -0.137. The van der Waals surface area contributed by atoms with Gasteiger partial charge in [0, 0.05) is 32.7 Å². The van der Waals surface area contributed by atoms with Gasteiger partial charge in [0.1, 0.15) is 5.52 Å². The Morgan fingerprint density at radius 3 is 2.30 bits per heavy atom. The highest BCUT2D eigenvalue weighted by Crippen LogP contribution is 2.29. The van der Waals surface area contributed by atoms with Gasteiger partial charge in [0.05, 0.1) is 12.1 Å². The maximum Gasteiger partial charge on any atom is 0.416 e. The Kier molecular flexibility index (Phi) is 4.88. The molecule has 1 aliphatic heterocycles. The van der Waals surface area contributed by atoms with Crippen LogP contribution >= 0.6 is 0 Å². The number of alkyl halides is 3. The molecule has 0 N–H and O–H groups in total. The molecule has 2 heterocycles. The Morgan fingerprint density at radius 1 is 0.889 bits per heavy atom. The number of hydrogen-bond donors (Lipinski definition) is 0. The number of fused-ring (bicyclic) bond motifs is 1. The summed E-state index contributed by atoms with van der Waals surface area (Å²) in [5.41, 5.74) is 1.75. The highest BCUT2D eigenvalue weighted by molar-refractivity contribution is 5.72. The molecule has 1 saturated heterocycles. The van der Waals surface area contributed by atoms with Gasteiger partial charge in [-0.2, -0.15) is 13.2 Å². The number of rotatable bonds is 4. The van der Waals surface area contributed by atoms with E-state index >= 15 is 0 Å². The molecule has 2 aromatic carbocycles. The second-order valence-corrected chi connectivity index (χ2v) is 6.83. The molecule has 1 aliphatic rings.